The Hall–Kier alpha value is -2.38. The zero-order valence-corrected chi connectivity index (χ0v) is 15.5. The van der Waals surface area contributed by atoms with E-state index in [1.807, 2.05) is 30.3 Å². The molecule has 1 aromatic carbocycles. The number of carbonyl (C=O) groups excluding carboxylic acids is 1. The number of halogens is 1. The number of thiophene rings is 1. The van der Waals surface area contributed by atoms with Gasteiger partial charge in [-0.15, -0.1) is 11.3 Å². The highest BCUT2D eigenvalue weighted by Crippen LogP contribution is 2.39. The van der Waals surface area contributed by atoms with Crippen molar-refractivity contribution in [2.75, 3.05) is 6.54 Å². The molecule has 6 nitrogen and oxygen atoms in total. The Kier molecular flexibility index (Phi) is 4.65. The molecule has 0 bridgehead atoms. The standard InChI is InChI=1S/C18H17ClN4O2S/c19-15-9-8-14(26-15)17(24)20-10-11-22-18(25)23(13-4-2-1-3-5-13)16(21-22)12-6-7-12/h1-5,8-9,12H,6-7,10-11H2,(H,20,24). The van der Waals surface area contributed by atoms with Gasteiger partial charge >= 0.3 is 5.69 Å². The maximum Gasteiger partial charge on any atom is 0.350 e. The van der Waals surface area contributed by atoms with Gasteiger partial charge in [-0.2, -0.15) is 5.10 Å². The molecule has 0 aliphatic heterocycles. The summed E-state index contributed by atoms with van der Waals surface area (Å²) in [6.07, 6.45) is 2.11. The molecule has 1 fully saturated rings. The lowest BCUT2D eigenvalue weighted by atomic mass is 10.3. The Labute approximate surface area is 159 Å². The molecule has 0 saturated heterocycles. The van der Waals surface area contributed by atoms with Gasteiger partial charge in [0.05, 0.1) is 21.4 Å². The summed E-state index contributed by atoms with van der Waals surface area (Å²) < 4.78 is 3.68. The highest BCUT2D eigenvalue weighted by atomic mass is 35.5. The van der Waals surface area contributed by atoms with Crippen molar-refractivity contribution in [2.45, 2.75) is 25.3 Å². The number of aromatic nitrogens is 3. The summed E-state index contributed by atoms with van der Waals surface area (Å²) in [5.41, 5.74) is 0.648. The Balaban J connectivity index is 1.50. The number of amides is 1. The monoisotopic (exact) mass is 388 g/mol. The number of nitrogens with one attached hydrogen (secondary N) is 1. The Morgan fingerprint density at radius 2 is 2.00 bits per heavy atom. The fourth-order valence-electron chi connectivity index (χ4n) is 2.79. The zero-order chi connectivity index (χ0) is 18.1. The quantitative estimate of drug-likeness (QED) is 0.705. The van der Waals surface area contributed by atoms with Crippen LogP contribution in [0.3, 0.4) is 0 Å². The summed E-state index contributed by atoms with van der Waals surface area (Å²) >= 11 is 7.08. The van der Waals surface area contributed by atoms with Crippen LogP contribution in [0.5, 0.6) is 0 Å². The summed E-state index contributed by atoms with van der Waals surface area (Å²) in [6, 6.07) is 12.9. The van der Waals surface area contributed by atoms with Gasteiger partial charge < -0.3 is 5.32 Å². The van der Waals surface area contributed by atoms with Crippen molar-refractivity contribution in [1.82, 2.24) is 19.7 Å². The first-order chi connectivity index (χ1) is 12.6. The van der Waals surface area contributed by atoms with E-state index in [4.69, 9.17) is 11.6 Å². The van der Waals surface area contributed by atoms with Crippen LogP contribution in [0.25, 0.3) is 5.69 Å². The molecular formula is C18H17ClN4O2S. The second kappa shape index (κ2) is 7.09. The van der Waals surface area contributed by atoms with Gasteiger partial charge in [0, 0.05) is 12.5 Å². The van der Waals surface area contributed by atoms with Crippen molar-refractivity contribution < 1.29 is 4.79 Å². The smallest absolute Gasteiger partial charge is 0.349 e. The number of para-hydroxylation sites is 1. The average Bonchev–Trinajstić information content (AvgIpc) is 3.32. The summed E-state index contributed by atoms with van der Waals surface area (Å²) in [5, 5.41) is 7.32. The molecular weight excluding hydrogens is 372 g/mol. The lowest BCUT2D eigenvalue weighted by molar-refractivity contribution is 0.0956. The number of nitrogens with zero attached hydrogens (tertiary/aromatic N) is 3. The molecule has 0 atom stereocenters. The van der Waals surface area contributed by atoms with Crippen LogP contribution in [0.4, 0.5) is 0 Å². The van der Waals surface area contributed by atoms with Crippen molar-refractivity contribution >= 4 is 28.8 Å². The van der Waals surface area contributed by atoms with Gasteiger partial charge in [0.2, 0.25) is 0 Å². The SMILES string of the molecule is O=C(NCCn1nc(C2CC2)n(-c2ccccc2)c1=O)c1ccc(Cl)s1. The molecule has 3 aromatic rings. The Morgan fingerprint density at radius 1 is 1.23 bits per heavy atom. The van der Waals surface area contributed by atoms with Crippen LogP contribution in [0, 0.1) is 0 Å². The lowest BCUT2D eigenvalue weighted by Crippen LogP contribution is -2.31. The summed E-state index contributed by atoms with van der Waals surface area (Å²) in [6.45, 7) is 0.646. The maximum atomic E-state index is 12.8. The van der Waals surface area contributed by atoms with Gasteiger partial charge in [-0.05, 0) is 37.1 Å². The van der Waals surface area contributed by atoms with Crippen molar-refractivity contribution in [1.29, 1.82) is 0 Å². The van der Waals surface area contributed by atoms with Gasteiger partial charge in [0.25, 0.3) is 5.91 Å². The molecule has 2 aromatic heterocycles. The van der Waals surface area contributed by atoms with Crippen LogP contribution in [-0.4, -0.2) is 26.8 Å². The van der Waals surface area contributed by atoms with Gasteiger partial charge in [-0.25, -0.2) is 14.0 Å². The first kappa shape index (κ1) is 17.1. The van der Waals surface area contributed by atoms with E-state index in [1.165, 1.54) is 16.0 Å². The number of hydrogen-bond donors (Lipinski definition) is 1. The van der Waals surface area contributed by atoms with Gasteiger partial charge in [-0.1, -0.05) is 29.8 Å². The largest absolute Gasteiger partial charge is 0.350 e. The molecule has 2 heterocycles. The first-order valence-electron chi connectivity index (χ1n) is 8.42. The molecule has 1 amide bonds. The van der Waals surface area contributed by atoms with Crippen LogP contribution in [0.15, 0.2) is 47.3 Å². The van der Waals surface area contributed by atoms with E-state index in [1.54, 1.807) is 16.7 Å². The minimum atomic E-state index is -0.195. The van der Waals surface area contributed by atoms with E-state index in [0.29, 0.717) is 28.2 Å². The van der Waals surface area contributed by atoms with Crippen LogP contribution in [0.2, 0.25) is 4.34 Å². The van der Waals surface area contributed by atoms with Crippen LogP contribution >= 0.6 is 22.9 Å². The van der Waals surface area contributed by atoms with E-state index >= 15 is 0 Å². The summed E-state index contributed by atoms with van der Waals surface area (Å²) in [4.78, 5) is 25.4. The molecule has 1 N–H and O–H groups in total. The number of rotatable bonds is 6. The predicted molar refractivity (Wildman–Crippen MR) is 101 cm³/mol. The molecule has 0 spiro atoms. The first-order valence-corrected chi connectivity index (χ1v) is 9.61. The van der Waals surface area contributed by atoms with Gasteiger partial charge in [0.15, 0.2) is 0 Å². The van der Waals surface area contributed by atoms with Crippen LogP contribution in [-0.2, 0) is 6.54 Å². The third-order valence-electron chi connectivity index (χ3n) is 4.23. The second-order valence-electron chi connectivity index (χ2n) is 6.17. The molecule has 1 aliphatic rings. The fraction of sp³-hybridized carbons (Fsp3) is 0.278. The molecule has 1 aliphatic carbocycles. The minimum absolute atomic E-state index is 0.175. The molecule has 0 unspecified atom stereocenters. The third-order valence-corrected chi connectivity index (χ3v) is 5.46. The van der Waals surface area contributed by atoms with E-state index < -0.39 is 0 Å². The van der Waals surface area contributed by atoms with Crippen molar-refractivity contribution in [3.63, 3.8) is 0 Å². The van der Waals surface area contributed by atoms with E-state index in [9.17, 15) is 9.59 Å². The van der Waals surface area contributed by atoms with Crippen molar-refractivity contribution in [3.05, 3.63) is 68.0 Å². The molecule has 0 radical (unpaired) electrons. The van der Waals surface area contributed by atoms with Crippen molar-refractivity contribution in [2.24, 2.45) is 0 Å². The molecule has 1 saturated carbocycles. The van der Waals surface area contributed by atoms with Gasteiger partial charge in [-0.3, -0.25) is 4.79 Å². The lowest BCUT2D eigenvalue weighted by Gasteiger charge is -2.04. The van der Waals surface area contributed by atoms with Crippen LogP contribution < -0.4 is 11.0 Å². The minimum Gasteiger partial charge on any atom is -0.349 e. The number of benzene rings is 1. The topological polar surface area (TPSA) is 68.9 Å². The molecule has 4 rings (SSSR count). The van der Waals surface area contributed by atoms with Crippen molar-refractivity contribution in [3.8, 4) is 5.69 Å². The summed E-state index contributed by atoms with van der Waals surface area (Å²) in [5.74, 6) is 0.949. The highest BCUT2D eigenvalue weighted by Gasteiger charge is 2.31. The maximum absolute atomic E-state index is 12.8. The Morgan fingerprint density at radius 3 is 2.65 bits per heavy atom. The molecule has 134 valence electrons. The summed E-state index contributed by atoms with van der Waals surface area (Å²) in [7, 11) is 0. The molecule has 26 heavy (non-hydrogen) atoms. The third kappa shape index (κ3) is 3.45. The second-order valence-corrected chi connectivity index (χ2v) is 7.88. The van der Waals surface area contributed by atoms with Crippen LogP contribution in [0.1, 0.15) is 34.3 Å². The zero-order valence-electron chi connectivity index (χ0n) is 13.9. The number of carbonyl (C=O) groups is 1. The molecule has 8 heteroatoms. The van der Waals surface area contributed by atoms with E-state index in [0.717, 1.165) is 24.4 Å². The van der Waals surface area contributed by atoms with E-state index in [-0.39, 0.29) is 11.6 Å². The Bertz CT molecular complexity index is 988. The average molecular weight is 389 g/mol. The predicted octanol–water partition coefficient (Wildman–Crippen LogP) is 3.06. The normalized spacial score (nSPS) is 13.7. The highest BCUT2D eigenvalue weighted by molar-refractivity contribution is 7.17. The van der Waals surface area contributed by atoms with E-state index in [2.05, 4.69) is 10.4 Å². The fourth-order valence-corrected chi connectivity index (χ4v) is 3.75. The number of hydrogen-bond acceptors (Lipinski definition) is 4. The van der Waals surface area contributed by atoms with Gasteiger partial charge in [0.1, 0.15) is 5.82 Å².